The number of thioether (sulfide) groups is 1. The van der Waals surface area contributed by atoms with E-state index in [4.69, 9.17) is 5.73 Å². The number of anilines is 2. The molecule has 0 amide bonds. The molecule has 2 unspecified atom stereocenters. The van der Waals surface area contributed by atoms with Crippen molar-refractivity contribution in [2.24, 2.45) is 0 Å². The summed E-state index contributed by atoms with van der Waals surface area (Å²) < 4.78 is 0. The molecule has 2 rings (SSSR count). The van der Waals surface area contributed by atoms with E-state index in [9.17, 15) is 0 Å². The lowest BCUT2D eigenvalue weighted by atomic mass is 10.1. The number of nitrogens with one attached hydrogen (secondary N) is 1. The minimum atomic E-state index is 0.588. The summed E-state index contributed by atoms with van der Waals surface area (Å²) in [6.07, 6.45) is 3.94. The number of hydrogen-bond donors (Lipinski definition) is 2. The standard InChI is InChI=1S/C14H22N2S/c1-3-17-14-6-4-5-13(14)16-12-8-7-10(2)9-11(12)15/h7-9,13-14,16H,3-6,15H2,1-2H3. The first kappa shape index (κ1) is 12.6. The van der Waals surface area contributed by atoms with Crippen LogP contribution in [0.2, 0.25) is 0 Å². The Morgan fingerprint density at radius 1 is 1.41 bits per heavy atom. The van der Waals surface area contributed by atoms with Crippen LogP contribution in [0.25, 0.3) is 0 Å². The largest absolute Gasteiger partial charge is 0.397 e. The van der Waals surface area contributed by atoms with E-state index < -0.39 is 0 Å². The van der Waals surface area contributed by atoms with Crippen LogP contribution in [0.1, 0.15) is 31.7 Å². The maximum atomic E-state index is 6.05. The highest BCUT2D eigenvalue weighted by Crippen LogP contribution is 2.33. The Labute approximate surface area is 108 Å². The summed E-state index contributed by atoms with van der Waals surface area (Å²) in [4.78, 5) is 0. The average molecular weight is 250 g/mol. The molecule has 1 aromatic carbocycles. The molecule has 1 fully saturated rings. The molecular formula is C14H22N2S. The fraction of sp³-hybridized carbons (Fsp3) is 0.571. The van der Waals surface area contributed by atoms with Crippen LogP contribution in [0.3, 0.4) is 0 Å². The molecule has 94 valence electrons. The van der Waals surface area contributed by atoms with Gasteiger partial charge in [0.1, 0.15) is 0 Å². The van der Waals surface area contributed by atoms with Crippen LogP contribution in [-0.2, 0) is 0 Å². The fourth-order valence-corrected chi connectivity index (χ4v) is 3.72. The molecule has 0 heterocycles. The summed E-state index contributed by atoms with van der Waals surface area (Å²) in [6, 6.07) is 6.86. The molecule has 1 aromatic rings. The summed E-state index contributed by atoms with van der Waals surface area (Å²) >= 11 is 2.07. The zero-order valence-electron chi connectivity index (χ0n) is 10.7. The van der Waals surface area contributed by atoms with Gasteiger partial charge >= 0.3 is 0 Å². The van der Waals surface area contributed by atoms with Crippen LogP contribution in [0, 0.1) is 6.92 Å². The van der Waals surface area contributed by atoms with Gasteiger partial charge in [-0.1, -0.05) is 19.4 Å². The molecule has 0 spiro atoms. The minimum absolute atomic E-state index is 0.588. The normalized spacial score (nSPS) is 23.9. The highest BCUT2D eigenvalue weighted by molar-refractivity contribution is 7.99. The Balaban J connectivity index is 2.04. The third-order valence-electron chi connectivity index (χ3n) is 3.38. The van der Waals surface area contributed by atoms with Crippen molar-refractivity contribution >= 4 is 23.1 Å². The fourth-order valence-electron chi connectivity index (χ4n) is 2.52. The molecule has 0 radical (unpaired) electrons. The zero-order chi connectivity index (χ0) is 12.3. The highest BCUT2D eigenvalue weighted by Gasteiger charge is 2.27. The van der Waals surface area contributed by atoms with Crippen molar-refractivity contribution in [1.29, 1.82) is 0 Å². The summed E-state index contributed by atoms with van der Waals surface area (Å²) in [6.45, 7) is 4.31. The van der Waals surface area contributed by atoms with Crippen molar-refractivity contribution in [3.05, 3.63) is 23.8 Å². The van der Waals surface area contributed by atoms with Crippen LogP contribution < -0.4 is 11.1 Å². The van der Waals surface area contributed by atoms with Crippen molar-refractivity contribution in [2.75, 3.05) is 16.8 Å². The molecule has 1 aliphatic carbocycles. The van der Waals surface area contributed by atoms with Gasteiger partial charge in [0, 0.05) is 11.3 Å². The smallest absolute Gasteiger partial charge is 0.0576 e. The van der Waals surface area contributed by atoms with Crippen LogP contribution in [0.15, 0.2) is 18.2 Å². The molecule has 17 heavy (non-hydrogen) atoms. The maximum Gasteiger partial charge on any atom is 0.0576 e. The Bertz CT molecular complexity index is 378. The molecule has 2 nitrogen and oxygen atoms in total. The first-order valence-corrected chi connectivity index (χ1v) is 7.50. The zero-order valence-corrected chi connectivity index (χ0v) is 11.5. The van der Waals surface area contributed by atoms with Gasteiger partial charge in [-0.15, -0.1) is 0 Å². The maximum absolute atomic E-state index is 6.05. The molecule has 1 saturated carbocycles. The second kappa shape index (κ2) is 5.67. The van der Waals surface area contributed by atoms with E-state index in [1.807, 2.05) is 6.07 Å². The van der Waals surface area contributed by atoms with Crippen molar-refractivity contribution in [2.45, 2.75) is 44.4 Å². The van der Waals surface area contributed by atoms with Gasteiger partial charge in [0.25, 0.3) is 0 Å². The van der Waals surface area contributed by atoms with Gasteiger partial charge in [-0.2, -0.15) is 11.8 Å². The monoisotopic (exact) mass is 250 g/mol. The first-order chi connectivity index (χ1) is 8.20. The van der Waals surface area contributed by atoms with E-state index in [1.165, 1.54) is 30.6 Å². The van der Waals surface area contributed by atoms with Gasteiger partial charge in [-0.05, 0) is 43.2 Å². The summed E-state index contributed by atoms with van der Waals surface area (Å²) in [5.41, 5.74) is 9.24. The van der Waals surface area contributed by atoms with E-state index in [1.54, 1.807) is 0 Å². The first-order valence-electron chi connectivity index (χ1n) is 6.45. The molecule has 1 aliphatic rings. The van der Waals surface area contributed by atoms with Crippen molar-refractivity contribution < 1.29 is 0 Å². The number of hydrogen-bond acceptors (Lipinski definition) is 3. The summed E-state index contributed by atoms with van der Waals surface area (Å²) in [5.74, 6) is 1.20. The Morgan fingerprint density at radius 2 is 2.24 bits per heavy atom. The van der Waals surface area contributed by atoms with Gasteiger partial charge in [-0.25, -0.2) is 0 Å². The Hall–Kier alpha value is -0.830. The average Bonchev–Trinajstić information content (AvgIpc) is 2.71. The van der Waals surface area contributed by atoms with Gasteiger partial charge in [0.15, 0.2) is 0 Å². The SMILES string of the molecule is CCSC1CCCC1Nc1ccc(C)cc1N. The molecule has 2 atom stereocenters. The molecule has 0 bridgehead atoms. The number of rotatable bonds is 4. The van der Waals surface area contributed by atoms with E-state index in [-0.39, 0.29) is 0 Å². The third-order valence-corrected chi connectivity index (χ3v) is 4.71. The van der Waals surface area contributed by atoms with Gasteiger partial charge < -0.3 is 11.1 Å². The molecule has 3 N–H and O–H groups in total. The van der Waals surface area contributed by atoms with Gasteiger partial charge in [0.2, 0.25) is 0 Å². The number of nitrogens with two attached hydrogens (primary N) is 1. The Morgan fingerprint density at radius 3 is 2.94 bits per heavy atom. The lowest BCUT2D eigenvalue weighted by molar-refractivity contribution is 0.768. The van der Waals surface area contributed by atoms with Crippen molar-refractivity contribution in [3.8, 4) is 0 Å². The molecule has 0 aliphatic heterocycles. The van der Waals surface area contributed by atoms with Crippen LogP contribution >= 0.6 is 11.8 Å². The summed E-state index contributed by atoms with van der Waals surface area (Å²) in [7, 11) is 0. The number of benzene rings is 1. The second-order valence-corrected chi connectivity index (χ2v) is 6.28. The lowest BCUT2D eigenvalue weighted by Gasteiger charge is -2.22. The van der Waals surface area contributed by atoms with E-state index in [2.05, 4.69) is 43.1 Å². The van der Waals surface area contributed by atoms with Gasteiger partial charge in [-0.3, -0.25) is 0 Å². The van der Waals surface area contributed by atoms with E-state index >= 15 is 0 Å². The molecule has 0 saturated heterocycles. The number of nitrogen functional groups attached to an aromatic ring is 1. The van der Waals surface area contributed by atoms with E-state index in [0.29, 0.717) is 6.04 Å². The lowest BCUT2D eigenvalue weighted by Crippen LogP contribution is -2.26. The predicted molar refractivity (Wildman–Crippen MR) is 78.8 cm³/mol. The third kappa shape index (κ3) is 3.09. The van der Waals surface area contributed by atoms with Crippen molar-refractivity contribution in [1.82, 2.24) is 0 Å². The van der Waals surface area contributed by atoms with Crippen LogP contribution in [0.4, 0.5) is 11.4 Å². The quantitative estimate of drug-likeness (QED) is 0.801. The predicted octanol–water partition coefficient (Wildman–Crippen LogP) is 3.66. The minimum Gasteiger partial charge on any atom is -0.397 e. The summed E-state index contributed by atoms with van der Waals surface area (Å²) in [5, 5.41) is 4.38. The second-order valence-electron chi connectivity index (χ2n) is 4.77. The molecule has 0 aromatic heterocycles. The molecule has 3 heteroatoms. The van der Waals surface area contributed by atoms with E-state index in [0.717, 1.165) is 16.6 Å². The van der Waals surface area contributed by atoms with Gasteiger partial charge in [0.05, 0.1) is 11.4 Å². The number of aryl methyl sites for hydroxylation is 1. The highest BCUT2D eigenvalue weighted by atomic mass is 32.2. The topological polar surface area (TPSA) is 38.0 Å². The Kier molecular flexibility index (Phi) is 4.21. The van der Waals surface area contributed by atoms with Crippen molar-refractivity contribution in [3.63, 3.8) is 0 Å². The van der Waals surface area contributed by atoms with Crippen LogP contribution in [-0.4, -0.2) is 17.0 Å². The van der Waals surface area contributed by atoms with Crippen LogP contribution in [0.5, 0.6) is 0 Å². The molecular weight excluding hydrogens is 228 g/mol.